The minimum absolute atomic E-state index is 0.271. The van der Waals surface area contributed by atoms with Gasteiger partial charge in [-0.1, -0.05) is 59.1 Å². The van der Waals surface area contributed by atoms with Gasteiger partial charge in [-0.25, -0.2) is 4.79 Å². The molecule has 0 spiro atoms. The maximum Gasteiger partial charge on any atom is 0.330 e. The van der Waals surface area contributed by atoms with Gasteiger partial charge in [-0.05, 0) is 48.4 Å². The van der Waals surface area contributed by atoms with Crippen molar-refractivity contribution >= 4 is 12.0 Å². The standard InChI is InChI=1S/C22H34O3/c1-5-7-8-19(6-2)17-25-22(23)14-11-20-9-12-21(13-10-20)24-16-15-18(3)4/h9-14,18-19H,5-8,15-17H2,1-4H3/b14-11+/t19-/m0/s1. The Bertz CT molecular complexity index is 503. The molecule has 0 aliphatic heterocycles. The van der Waals surface area contributed by atoms with Crippen molar-refractivity contribution in [3.05, 3.63) is 35.9 Å². The third-order valence-corrected chi connectivity index (χ3v) is 4.26. The van der Waals surface area contributed by atoms with Crippen LogP contribution in [0.1, 0.15) is 65.4 Å². The van der Waals surface area contributed by atoms with Gasteiger partial charge in [-0.15, -0.1) is 0 Å². The Kier molecular flexibility index (Phi) is 10.7. The summed E-state index contributed by atoms with van der Waals surface area (Å²) in [7, 11) is 0. The van der Waals surface area contributed by atoms with Crippen molar-refractivity contribution in [2.24, 2.45) is 11.8 Å². The van der Waals surface area contributed by atoms with Gasteiger partial charge in [-0.2, -0.15) is 0 Å². The van der Waals surface area contributed by atoms with Gasteiger partial charge in [0.15, 0.2) is 0 Å². The van der Waals surface area contributed by atoms with E-state index in [9.17, 15) is 4.79 Å². The summed E-state index contributed by atoms with van der Waals surface area (Å²) >= 11 is 0. The number of hydrogen-bond acceptors (Lipinski definition) is 3. The van der Waals surface area contributed by atoms with E-state index < -0.39 is 0 Å². The van der Waals surface area contributed by atoms with Crippen LogP contribution >= 0.6 is 0 Å². The van der Waals surface area contributed by atoms with E-state index in [0.29, 0.717) is 18.4 Å². The van der Waals surface area contributed by atoms with Crippen LogP contribution in [-0.2, 0) is 9.53 Å². The second kappa shape index (κ2) is 12.6. The molecular weight excluding hydrogens is 312 g/mol. The summed E-state index contributed by atoms with van der Waals surface area (Å²) in [6.07, 6.45) is 8.88. The summed E-state index contributed by atoms with van der Waals surface area (Å²) in [5, 5.41) is 0. The van der Waals surface area contributed by atoms with Crippen molar-refractivity contribution in [2.45, 2.75) is 59.8 Å². The number of unbranched alkanes of at least 4 members (excludes halogenated alkanes) is 1. The molecule has 0 amide bonds. The summed E-state index contributed by atoms with van der Waals surface area (Å²) in [4.78, 5) is 11.8. The van der Waals surface area contributed by atoms with Crippen molar-refractivity contribution in [1.82, 2.24) is 0 Å². The lowest BCUT2D eigenvalue weighted by Crippen LogP contribution is -2.12. The summed E-state index contributed by atoms with van der Waals surface area (Å²) in [5.74, 6) is 1.70. The Morgan fingerprint density at radius 3 is 2.44 bits per heavy atom. The van der Waals surface area contributed by atoms with Crippen molar-refractivity contribution in [3.63, 3.8) is 0 Å². The molecule has 0 unspecified atom stereocenters. The fourth-order valence-electron chi connectivity index (χ4n) is 2.40. The van der Waals surface area contributed by atoms with E-state index in [4.69, 9.17) is 9.47 Å². The fraction of sp³-hybridized carbons (Fsp3) is 0.591. The zero-order chi connectivity index (χ0) is 18.5. The molecule has 0 fully saturated rings. The van der Waals surface area contributed by atoms with Crippen molar-refractivity contribution in [3.8, 4) is 5.75 Å². The molecule has 0 N–H and O–H groups in total. The van der Waals surface area contributed by atoms with Crippen LogP contribution in [-0.4, -0.2) is 19.2 Å². The summed E-state index contributed by atoms with van der Waals surface area (Å²) in [5.41, 5.74) is 0.964. The summed E-state index contributed by atoms with van der Waals surface area (Å²) in [6, 6.07) is 7.77. The first-order valence-electron chi connectivity index (χ1n) is 9.62. The molecule has 0 heterocycles. The monoisotopic (exact) mass is 346 g/mol. The Morgan fingerprint density at radius 1 is 1.12 bits per heavy atom. The molecule has 1 atom stereocenters. The van der Waals surface area contributed by atoms with Crippen LogP contribution in [0.3, 0.4) is 0 Å². The lowest BCUT2D eigenvalue weighted by molar-refractivity contribution is -0.139. The van der Waals surface area contributed by atoms with Crippen molar-refractivity contribution in [2.75, 3.05) is 13.2 Å². The van der Waals surface area contributed by atoms with E-state index in [-0.39, 0.29) is 5.97 Å². The van der Waals surface area contributed by atoms with Crippen molar-refractivity contribution < 1.29 is 14.3 Å². The van der Waals surface area contributed by atoms with Crippen LogP contribution in [0.15, 0.2) is 30.3 Å². The number of rotatable bonds is 12. The highest BCUT2D eigenvalue weighted by molar-refractivity contribution is 5.87. The Morgan fingerprint density at radius 2 is 1.84 bits per heavy atom. The smallest absolute Gasteiger partial charge is 0.330 e. The van der Waals surface area contributed by atoms with E-state index in [0.717, 1.165) is 37.2 Å². The Hall–Kier alpha value is -1.77. The Balaban J connectivity index is 2.37. The van der Waals surface area contributed by atoms with Crippen LogP contribution in [0, 0.1) is 11.8 Å². The van der Waals surface area contributed by atoms with E-state index in [1.165, 1.54) is 18.9 Å². The first-order chi connectivity index (χ1) is 12.0. The number of hydrogen-bond donors (Lipinski definition) is 0. The molecule has 1 aromatic rings. The lowest BCUT2D eigenvalue weighted by atomic mass is 10.0. The third kappa shape index (κ3) is 9.96. The number of esters is 1. The molecule has 140 valence electrons. The third-order valence-electron chi connectivity index (χ3n) is 4.26. The Labute approximate surface area is 153 Å². The van der Waals surface area contributed by atoms with Gasteiger partial charge < -0.3 is 9.47 Å². The lowest BCUT2D eigenvalue weighted by Gasteiger charge is -2.13. The van der Waals surface area contributed by atoms with Crippen LogP contribution in [0.25, 0.3) is 6.08 Å². The average molecular weight is 347 g/mol. The zero-order valence-corrected chi connectivity index (χ0v) is 16.3. The molecule has 3 nitrogen and oxygen atoms in total. The van der Waals surface area contributed by atoms with Gasteiger partial charge in [0.05, 0.1) is 13.2 Å². The van der Waals surface area contributed by atoms with Gasteiger partial charge in [0, 0.05) is 6.08 Å². The van der Waals surface area contributed by atoms with Crippen LogP contribution in [0.2, 0.25) is 0 Å². The second-order valence-electron chi connectivity index (χ2n) is 6.98. The van der Waals surface area contributed by atoms with Crippen LogP contribution < -0.4 is 4.74 Å². The highest BCUT2D eigenvalue weighted by Gasteiger charge is 2.08. The first-order valence-corrected chi connectivity index (χ1v) is 9.62. The molecule has 0 aromatic heterocycles. The number of benzene rings is 1. The molecule has 0 radical (unpaired) electrons. The molecule has 1 rings (SSSR count). The van der Waals surface area contributed by atoms with Crippen molar-refractivity contribution in [1.29, 1.82) is 0 Å². The normalized spacial score (nSPS) is 12.5. The maximum atomic E-state index is 11.8. The molecular formula is C22H34O3. The predicted molar refractivity (Wildman–Crippen MR) is 105 cm³/mol. The largest absolute Gasteiger partial charge is 0.494 e. The van der Waals surface area contributed by atoms with Crippen LogP contribution in [0.5, 0.6) is 5.75 Å². The number of carbonyl (C=O) groups excluding carboxylic acids is 1. The topological polar surface area (TPSA) is 35.5 Å². The van der Waals surface area contributed by atoms with Gasteiger partial charge in [-0.3, -0.25) is 0 Å². The van der Waals surface area contributed by atoms with E-state index in [2.05, 4.69) is 27.7 Å². The molecule has 0 saturated carbocycles. The minimum atomic E-state index is -0.271. The molecule has 0 aliphatic rings. The molecule has 1 aromatic carbocycles. The number of carbonyl (C=O) groups is 1. The quantitative estimate of drug-likeness (QED) is 0.350. The number of ether oxygens (including phenoxy) is 2. The first kappa shape index (κ1) is 21.3. The zero-order valence-electron chi connectivity index (χ0n) is 16.3. The molecule has 25 heavy (non-hydrogen) atoms. The predicted octanol–water partition coefficient (Wildman–Crippen LogP) is 5.88. The summed E-state index contributed by atoms with van der Waals surface area (Å²) < 4.78 is 11.1. The van der Waals surface area contributed by atoms with Gasteiger partial charge in [0.1, 0.15) is 5.75 Å². The van der Waals surface area contributed by atoms with E-state index in [1.54, 1.807) is 6.08 Å². The second-order valence-corrected chi connectivity index (χ2v) is 6.98. The van der Waals surface area contributed by atoms with Gasteiger partial charge in [0.25, 0.3) is 0 Å². The van der Waals surface area contributed by atoms with E-state index >= 15 is 0 Å². The van der Waals surface area contributed by atoms with E-state index in [1.807, 2.05) is 24.3 Å². The minimum Gasteiger partial charge on any atom is -0.494 e. The highest BCUT2D eigenvalue weighted by Crippen LogP contribution is 2.15. The molecule has 0 saturated heterocycles. The maximum absolute atomic E-state index is 11.8. The van der Waals surface area contributed by atoms with Gasteiger partial charge >= 0.3 is 5.97 Å². The molecule has 0 aliphatic carbocycles. The molecule has 3 heteroatoms. The summed E-state index contributed by atoms with van der Waals surface area (Å²) in [6.45, 7) is 9.95. The average Bonchev–Trinajstić information content (AvgIpc) is 2.61. The van der Waals surface area contributed by atoms with Gasteiger partial charge in [0.2, 0.25) is 0 Å². The van der Waals surface area contributed by atoms with Crippen LogP contribution in [0.4, 0.5) is 0 Å². The highest BCUT2D eigenvalue weighted by atomic mass is 16.5. The fourth-order valence-corrected chi connectivity index (χ4v) is 2.40. The SMILES string of the molecule is CCCC[C@H](CC)COC(=O)/C=C/c1ccc(OCCC(C)C)cc1. The molecule has 0 bridgehead atoms.